The van der Waals surface area contributed by atoms with Crippen molar-refractivity contribution < 1.29 is 4.79 Å². The Hall–Kier alpha value is -0.610. The molecular formula is C10H23N3O. The second-order valence-electron chi connectivity index (χ2n) is 4.46. The van der Waals surface area contributed by atoms with Crippen molar-refractivity contribution in [2.24, 2.45) is 11.8 Å². The summed E-state index contributed by atoms with van der Waals surface area (Å²) in [6.07, 6.45) is 1.06. The predicted molar refractivity (Wildman–Crippen MR) is 58.5 cm³/mol. The number of hydrazine groups is 1. The summed E-state index contributed by atoms with van der Waals surface area (Å²) in [6, 6.07) is 0. The molecule has 4 nitrogen and oxygen atoms in total. The van der Waals surface area contributed by atoms with Crippen LogP contribution >= 0.6 is 0 Å². The van der Waals surface area contributed by atoms with Crippen LogP contribution in [0.1, 0.15) is 34.1 Å². The lowest BCUT2D eigenvalue weighted by atomic mass is 9.98. The van der Waals surface area contributed by atoms with Crippen LogP contribution in [-0.4, -0.2) is 29.9 Å². The second-order valence-corrected chi connectivity index (χ2v) is 4.46. The van der Waals surface area contributed by atoms with Crippen LogP contribution in [0.15, 0.2) is 0 Å². The minimum atomic E-state index is -0.108. The molecule has 0 aromatic carbocycles. The molecule has 0 saturated heterocycles. The van der Waals surface area contributed by atoms with Crippen molar-refractivity contribution in [3.63, 3.8) is 0 Å². The van der Waals surface area contributed by atoms with Crippen molar-refractivity contribution in [1.29, 1.82) is 0 Å². The Morgan fingerprint density at radius 2 is 2.07 bits per heavy atom. The summed E-state index contributed by atoms with van der Waals surface area (Å²) in [5.41, 5.74) is 2.30. The zero-order valence-corrected chi connectivity index (χ0v) is 9.92. The number of nitrogens with one attached hydrogen (secondary N) is 1. The summed E-state index contributed by atoms with van der Waals surface area (Å²) in [5, 5.41) is 0. The average Bonchev–Trinajstić information content (AvgIpc) is 2.16. The van der Waals surface area contributed by atoms with E-state index in [0.717, 1.165) is 13.0 Å². The Kier molecular flexibility index (Phi) is 5.08. The molecule has 84 valence electrons. The number of carbonyl (C=O) groups is 1. The number of rotatable bonds is 5. The van der Waals surface area contributed by atoms with Crippen LogP contribution in [-0.2, 0) is 4.79 Å². The van der Waals surface area contributed by atoms with Gasteiger partial charge in [0, 0.05) is 18.0 Å². The van der Waals surface area contributed by atoms with E-state index in [1.807, 2.05) is 14.0 Å². The van der Waals surface area contributed by atoms with E-state index in [-0.39, 0.29) is 17.4 Å². The largest absolute Gasteiger partial charge is 0.300 e. The molecule has 0 fully saturated rings. The van der Waals surface area contributed by atoms with E-state index in [9.17, 15) is 4.79 Å². The molecular weight excluding hydrogens is 178 g/mol. The zero-order valence-electron chi connectivity index (χ0n) is 9.92. The molecule has 3 N–H and O–H groups in total. The van der Waals surface area contributed by atoms with Gasteiger partial charge in [-0.3, -0.25) is 10.2 Å². The second kappa shape index (κ2) is 5.32. The molecule has 1 unspecified atom stereocenters. The molecule has 0 aromatic heterocycles. The summed E-state index contributed by atoms with van der Waals surface area (Å²) in [6.45, 7) is 9.08. The monoisotopic (exact) mass is 201 g/mol. The molecule has 14 heavy (non-hydrogen) atoms. The number of carbonyl (C=O) groups excluding carboxylic acids is 1. The van der Waals surface area contributed by atoms with Crippen molar-refractivity contribution in [3.8, 4) is 0 Å². The van der Waals surface area contributed by atoms with Crippen molar-refractivity contribution in [1.82, 2.24) is 10.3 Å². The molecule has 0 rings (SSSR count). The van der Waals surface area contributed by atoms with Gasteiger partial charge < -0.3 is 4.90 Å². The summed E-state index contributed by atoms with van der Waals surface area (Å²) < 4.78 is 0. The third-order valence-corrected chi connectivity index (χ3v) is 3.04. The van der Waals surface area contributed by atoms with Crippen LogP contribution in [0.2, 0.25) is 0 Å². The van der Waals surface area contributed by atoms with E-state index in [4.69, 9.17) is 5.84 Å². The molecule has 1 amide bonds. The predicted octanol–water partition coefficient (Wildman–Crippen LogP) is 0.733. The number of nitrogens with two attached hydrogens (primary N) is 1. The van der Waals surface area contributed by atoms with E-state index in [1.165, 1.54) is 0 Å². The highest BCUT2D eigenvalue weighted by atomic mass is 16.2. The maximum absolute atomic E-state index is 11.2. The Bertz CT molecular complexity index is 192. The zero-order chi connectivity index (χ0) is 11.4. The summed E-state index contributed by atoms with van der Waals surface area (Å²) in [5.74, 6) is 4.89. The fourth-order valence-electron chi connectivity index (χ4n) is 1.15. The Balaban J connectivity index is 4.18. The third kappa shape index (κ3) is 3.64. The number of nitrogens with zero attached hydrogens (tertiary/aromatic N) is 1. The fourth-order valence-corrected chi connectivity index (χ4v) is 1.15. The summed E-state index contributed by atoms with van der Waals surface area (Å²) in [7, 11) is 2.03. The Morgan fingerprint density at radius 3 is 2.43 bits per heavy atom. The first-order valence-corrected chi connectivity index (χ1v) is 5.06. The molecule has 0 aliphatic heterocycles. The first-order valence-electron chi connectivity index (χ1n) is 5.06. The van der Waals surface area contributed by atoms with Gasteiger partial charge in [-0.2, -0.15) is 0 Å². The molecule has 4 heteroatoms. The average molecular weight is 201 g/mol. The van der Waals surface area contributed by atoms with Crippen LogP contribution in [0, 0.1) is 5.92 Å². The van der Waals surface area contributed by atoms with E-state index in [1.54, 1.807) is 0 Å². The van der Waals surface area contributed by atoms with E-state index in [0.29, 0.717) is 0 Å². The van der Waals surface area contributed by atoms with Gasteiger partial charge in [0.25, 0.3) is 0 Å². The van der Waals surface area contributed by atoms with Gasteiger partial charge in [-0.25, -0.2) is 5.84 Å². The molecule has 0 aliphatic rings. The highest BCUT2D eigenvalue weighted by Crippen LogP contribution is 2.17. The van der Waals surface area contributed by atoms with Gasteiger partial charge in [0.1, 0.15) is 0 Å². The van der Waals surface area contributed by atoms with Crippen LogP contribution < -0.4 is 11.3 Å². The SMILES string of the molecule is CCC(C)(C)N(C)CC(C)C(=O)NN. The molecule has 0 spiro atoms. The van der Waals surface area contributed by atoms with Gasteiger partial charge in [-0.15, -0.1) is 0 Å². The summed E-state index contributed by atoms with van der Waals surface area (Å²) in [4.78, 5) is 13.4. The maximum Gasteiger partial charge on any atom is 0.237 e. The van der Waals surface area contributed by atoms with Crippen molar-refractivity contribution in [3.05, 3.63) is 0 Å². The quantitative estimate of drug-likeness (QED) is 0.392. The standard InChI is InChI=1S/C10H23N3O/c1-6-10(3,4)13(5)7-8(2)9(14)12-11/h8H,6-7,11H2,1-5H3,(H,12,14). The van der Waals surface area contributed by atoms with Crippen molar-refractivity contribution in [2.45, 2.75) is 39.7 Å². The number of amides is 1. The van der Waals surface area contributed by atoms with Gasteiger partial charge in [0.2, 0.25) is 5.91 Å². The fraction of sp³-hybridized carbons (Fsp3) is 0.900. The molecule has 0 bridgehead atoms. The Morgan fingerprint density at radius 1 is 1.57 bits per heavy atom. The third-order valence-electron chi connectivity index (χ3n) is 3.04. The minimum Gasteiger partial charge on any atom is -0.300 e. The van der Waals surface area contributed by atoms with Gasteiger partial charge in [-0.1, -0.05) is 13.8 Å². The highest BCUT2D eigenvalue weighted by molar-refractivity contribution is 5.77. The van der Waals surface area contributed by atoms with E-state index < -0.39 is 0 Å². The highest BCUT2D eigenvalue weighted by Gasteiger charge is 2.24. The minimum absolute atomic E-state index is 0.0733. The first kappa shape index (κ1) is 13.4. The van der Waals surface area contributed by atoms with Crippen molar-refractivity contribution in [2.75, 3.05) is 13.6 Å². The van der Waals surface area contributed by atoms with Crippen molar-refractivity contribution >= 4 is 5.91 Å². The van der Waals surface area contributed by atoms with Gasteiger partial charge in [0.05, 0.1) is 0 Å². The number of hydrogen-bond acceptors (Lipinski definition) is 3. The normalized spacial score (nSPS) is 14.2. The van der Waals surface area contributed by atoms with Gasteiger partial charge >= 0.3 is 0 Å². The van der Waals surface area contributed by atoms with Crippen LogP contribution in [0.5, 0.6) is 0 Å². The lowest BCUT2D eigenvalue weighted by Crippen LogP contribution is -2.46. The molecule has 0 heterocycles. The lowest BCUT2D eigenvalue weighted by molar-refractivity contribution is -0.125. The van der Waals surface area contributed by atoms with Gasteiger partial charge in [-0.05, 0) is 27.3 Å². The molecule has 0 saturated carbocycles. The number of hydrogen-bond donors (Lipinski definition) is 2. The first-order chi connectivity index (χ1) is 6.35. The van der Waals surface area contributed by atoms with Crippen LogP contribution in [0.3, 0.4) is 0 Å². The van der Waals surface area contributed by atoms with Crippen LogP contribution in [0.4, 0.5) is 0 Å². The smallest absolute Gasteiger partial charge is 0.237 e. The molecule has 1 atom stereocenters. The van der Waals surface area contributed by atoms with Crippen LogP contribution in [0.25, 0.3) is 0 Å². The molecule has 0 aromatic rings. The topological polar surface area (TPSA) is 58.4 Å². The summed E-state index contributed by atoms with van der Waals surface area (Å²) >= 11 is 0. The van der Waals surface area contributed by atoms with E-state index in [2.05, 4.69) is 31.1 Å². The molecule has 0 radical (unpaired) electrons. The maximum atomic E-state index is 11.2. The van der Waals surface area contributed by atoms with E-state index >= 15 is 0 Å². The Labute approximate surface area is 86.8 Å². The van der Waals surface area contributed by atoms with Gasteiger partial charge in [0.15, 0.2) is 0 Å². The molecule has 0 aliphatic carbocycles. The lowest BCUT2D eigenvalue weighted by Gasteiger charge is -2.36.